The van der Waals surface area contributed by atoms with Gasteiger partial charge in [-0.25, -0.2) is 0 Å². The van der Waals surface area contributed by atoms with Crippen LogP contribution >= 0.6 is 0 Å². The summed E-state index contributed by atoms with van der Waals surface area (Å²) < 4.78 is 0. The third-order valence-electron chi connectivity index (χ3n) is 3.09. The maximum absolute atomic E-state index is 12.1. The number of carbonyl (C=O) groups is 1. The highest BCUT2D eigenvalue weighted by Crippen LogP contribution is 2.29. The van der Waals surface area contributed by atoms with Crippen LogP contribution < -0.4 is 5.32 Å². The maximum Gasteiger partial charge on any atom is 0.241 e. The molecule has 1 heterocycles. The van der Waals surface area contributed by atoms with Gasteiger partial charge >= 0.3 is 0 Å². The van der Waals surface area contributed by atoms with E-state index in [1.807, 2.05) is 4.90 Å². The van der Waals surface area contributed by atoms with Crippen LogP contribution in [0.3, 0.4) is 0 Å². The van der Waals surface area contributed by atoms with Crippen LogP contribution in [0.5, 0.6) is 0 Å². The molecule has 0 bridgehead atoms. The Morgan fingerprint density at radius 2 is 2.33 bits per heavy atom. The minimum atomic E-state index is -0.277. The van der Waals surface area contributed by atoms with Crippen molar-refractivity contribution in [3.8, 4) is 6.07 Å². The average Bonchev–Trinajstić information content (AvgIpc) is 3.02. The summed E-state index contributed by atoms with van der Waals surface area (Å²) in [7, 11) is 0. The van der Waals surface area contributed by atoms with Gasteiger partial charge in [-0.2, -0.15) is 5.26 Å². The van der Waals surface area contributed by atoms with E-state index in [2.05, 4.69) is 18.3 Å². The van der Waals surface area contributed by atoms with E-state index in [1.165, 1.54) is 0 Å². The molecule has 2 unspecified atom stereocenters. The van der Waals surface area contributed by atoms with Crippen molar-refractivity contribution in [3.05, 3.63) is 0 Å². The number of rotatable bonds is 2. The molecule has 0 aromatic carbocycles. The van der Waals surface area contributed by atoms with Crippen LogP contribution in [-0.4, -0.2) is 36.0 Å². The quantitative estimate of drug-likeness (QED) is 0.717. The van der Waals surface area contributed by atoms with E-state index >= 15 is 0 Å². The van der Waals surface area contributed by atoms with Gasteiger partial charge in [0.05, 0.1) is 18.5 Å². The van der Waals surface area contributed by atoms with Gasteiger partial charge in [-0.15, -0.1) is 0 Å². The topological polar surface area (TPSA) is 56.1 Å². The van der Waals surface area contributed by atoms with Crippen molar-refractivity contribution >= 4 is 5.91 Å². The van der Waals surface area contributed by atoms with Gasteiger partial charge in [0.25, 0.3) is 0 Å². The van der Waals surface area contributed by atoms with Gasteiger partial charge < -0.3 is 10.2 Å². The summed E-state index contributed by atoms with van der Waals surface area (Å²) in [5, 5.41) is 11.9. The predicted molar refractivity (Wildman–Crippen MR) is 55.9 cm³/mol. The number of hydrogen-bond acceptors (Lipinski definition) is 3. The van der Waals surface area contributed by atoms with Crippen LogP contribution in [0.15, 0.2) is 0 Å². The lowest BCUT2D eigenvalue weighted by Crippen LogP contribution is -2.44. The molecule has 4 heteroatoms. The fourth-order valence-corrected chi connectivity index (χ4v) is 2.09. The summed E-state index contributed by atoms with van der Waals surface area (Å²) >= 11 is 0. The molecule has 2 atom stereocenters. The van der Waals surface area contributed by atoms with E-state index in [0.29, 0.717) is 12.0 Å². The van der Waals surface area contributed by atoms with Crippen molar-refractivity contribution in [3.63, 3.8) is 0 Å². The second-order valence-corrected chi connectivity index (χ2v) is 4.65. The monoisotopic (exact) mass is 207 g/mol. The predicted octanol–water partition coefficient (Wildman–Crippen LogP) is 0.499. The molecule has 82 valence electrons. The molecule has 2 fully saturated rings. The highest BCUT2D eigenvalue weighted by atomic mass is 16.2. The SMILES string of the molecule is CC1CNC(CC#N)C(=O)N(C2CC2)C1. The standard InChI is InChI=1S/C11H17N3O/c1-8-6-13-10(4-5-12)11(15)14(7-8)9-2-3-9/h8-10,13H,2-4,6-7H2,1H3. The van der Waals surface area contributed by atoms with Crippen molar-refractivity contribution in [1.82, 2.24) is 10.2 Å². The summed E-state index contributed by atoms with van der Waals surface area (Å²) in [6.45, 7) is 3.82. The van der Waals surface area contributed by atoms with Gasteiger partial charge in [0, 0.05) is 19.1 Å². The summed E-state index contributed by atoms with van der Waals surface area (Å²) in [4.78, 5) is 14.1. The van der Waals surface area contributed by atoms with Crippen LogP contribution in [-0.2, 0) is 4.79 Å². The number of carbonyl (C=O) groups excluding carboxylic acids is 1. The van der Waals surface area contributed by atoms with Crippen LogP contribution in [0.2, 0.25) is 0 Å². The molecule has 1 saturated heterocycles. The van der Waals surface area contributed by atoms with E-state index in [4.69, 9.17) is 5.26 Å². The summed E-state index contributed by atoms with van der Waals surface area (Å²) in [6.07, 6.45) is 2.56. The second-order valence-electron chi connectivity index (χ2n) is 4.65. The molecule has 4 nitrogen and oxygen atoms in total. The lowest BCUT2D eigenvalue weighted by atomic mass is 10.2. The Morgan fingerprint density at radius 3 is 2.93 bits per heavy atom. The molecule has 1 amide bonds. The van der Waals surface area contributed by atoms with Gasteiger partial charge in [-0.05, 0) is 18.8 Å². The molecule has 1 saturated carbocycles. The number of nitriles is 1. The van der Waals surface area contributed by atoms with Gasteiger partial charge in [-0.3, -0.25) is 4.79 Å². The van der Waals surface area contributed by atoms with Crippen molar-refractivity contribution in [2.75, 3.05) is 13.1 Å². The van der Waals surface area contributed by atoms with E-state index in [0.717, 1.165) is 25.9 Å². The summed E-state index contributed by atoms with van der Waals surface area (Å²) in [5.74, 6) is 0.613. The number of nitrogens with zero attached hydrogens (tertiary/aromatic N) is 2. The van der Waals surface area contributed by atoms with Gasteiger partial charge in [0.2, 0.25) is 5.91 Å². The van der Waals surface area contributed by atoms with E-state index in [1.54, 1.807) is 0 Å². The Balaban J connectivity index is 2.08. The van der Waals surface area contributed by atoms with Gasteiger partial charge in [0.1, 0.15) is 0 Å². The summed E-state index contributed by atoms with van der Waals surface area (Å²) in [6, 6.07) is 2.26. The van der Waals surface area contributed by atoms with E-state index in [9.17, 15) is 4.79 Å². The van der Waals surface area contributed by atoms with Crippen molar-refractivity contribution in [2.24, 2.45) is 5.92 Å². The van der Waals surface area contributed by atoms with Crippen LogP contribution in [0.25, 0.3) is 0 Å². The molecular formula is C11H17N3O. The third kappa shape index (κ3) is 2.29. The van der Waals surface area contributed by atoms with Gasteiger partial charge in [-0.1, -0.05) is 6.92 Å². The molecule has 2 rings (SSSR count). The fourth-order valence-electron chi connectivity index (χ4n) is 2.09. The second kappa shape index (κ2) is 4.19. The Hall–Kier alpha value is -1.08. The smallest absolute Gasteiger partial charge is 0.241 e. The third-order valence-corrected chi connectivity index (χ3v) is 3.09. The molecule has 0 aromatic heterocycles. The zero-order valence-corrected chi connectivity index (χ0v) is 9.07. The lowest BCUT2D eigenvalue weighted by Gasteiger charge is -2.24. The van der Waals surface area contributed by atoms with Crippen molar-refractivity contribution < 1.29 is 4.79 Å². The first-order valence-corrected chi connectivity index (χ1v) is 5.63. The largest absolute Gasteiger partial charge is 0.338 e. The van der Waals surface area contributed by atoms with Crippen LogP contribution in [0.1, 0.15) is 26.2 Å². The molecule has 1 aliphatic heterocycles. The molecule has 1 N–H and O–H groups in total. The number of hydrogen-bond donors (Lipinski definition) is 1. The highest BCUT2D eigenvalue weighted by Gasteiger charge is 2.38. The maximum atomic E-state index is 12.1. The first-order chi connectivity index (χ1) is 7.22. The van der Waals surface area contributed by atoms with Crippen molar-refractivity contribution in [2.45, 2.75) is 38.3 Å². The molecular weight excluding hydrogens is 190 g/mol. The Morgan fingerprint density at radius 1 is 1.60 bits per heavy atom. The molecule has 0 radical (unpaired) electrons. The zero-order valence-electron chi connectivity index (χ0n) is 9.07. The van der Waals surface area contributed by atoms with E-state index in [-0.39, 0.29) is 18.4 Å². The zero-order chi connectivity index (χ0) is 10.8. The first-order valence-electron chi connectivity index (χ1n) is 5.63. The molecule has 1 aliphatic carbocycles. The highest BCUT2D eigenvalue weighted by molar-refractivity contribution is 5.83. The molecule has 0 spiro atoms. The molecule has 15 heavy (non-hydrogen) atoms. The van der Waals surface area contributed by atoms with Crippen LogP contribution in [0.4, 0.5) is 0 Å². The molecule has 0 aromatic rings. The van der Waals surface area contributed by atoms with Crippen molar-refractivity contribution in [1.29, 1.82) is 5.26 Å². The molecule has 2 aliphatic rings. The number of nitrogens with one attached hydrogen (secondary N) is 1. The number of amides is 1. The van der Waals surface area contributed by atoms with Crippen LogP contribution in [0, 0.1) is 17.2 Å². The normalized spacial score (nSPS) is 32.3. The Labute approximate surface area is 90.2 Å². The minimum Gasteiger partial charge on any atom is -0.338 e. The van der Waals surface area contributed by atoms with E-state index < -0.39 is 0 Å². The Kier molecular flexibility index (Phi) is 2.92. The lowest BCUT2D eigenvalue weighted by molar-refractivity contribution is -0.133. The average molecular weight is 207 g/mol. The van der Waals surface area contributed by atoms with Gasteiger partial charge in [0.15, 0.2) is 0 Å². The summed E-state index contributed by atoms with van der Waals surface area (Å²) in [5.41, 5.74) is 0. The fraction of sp³-hybridized carbons (Fsp3) is 0.818. The first kappa shape index (κ1) is 10.4. The minimum absolute atomic E-state index is 0.128. The Bertz CT molecular complexity index is 293.